The van der Waals surface area contributed by atoms with Crippen LogP contribution >= 0.6 is 0 Å². The zero-order valence-electron chi connectivity index (χ0n) is 12.3. The van der Waals surface area contributed by atoms with Crippen LogP contribution in [0.15, 0.2) is 0 Å². The van der Waals surface area contributed by atoms with E-state index in [1.165, 1.54) is 0 Å². The molecule has 0 spiro atoms. The number of nitrogens with one attached hydrogen (secondary N) is 1. The van der Waals surface area contributed by atoms with Crippen LogP contribution < -0.4 is 11.1 Å². The fraction of sp³-hybridized carbons (Fsp3) is 0.929. The zero-order chi connectivity index (χ0) is 13.8. The third-order valence-corrected chi connectivity index (χ3v) is 4.21. The quantitative estimate of drug-likeness (QED) is 0.672. The molecule has 1 aliphatic rings. The number of rotatable bonds is 7. The Morgan fingerprint density at radius 1 is 1.50 bits per heavy atom. The van der Waals surface area contributed by atoms with Crippen molar-refractivity contribution in [2.24, 2.45) is 17.1 Å². The summed E-state index contributed by atoms with van der Waals surface area (Å²) in [5, 5.41) is 3.05. The van der Waals surface area contributed by atoms with Crippen LogP contribution in [0.1, 0.15) is 40.0 Å². The molecule has 0 bridgehead atoms. The van der Waals surface area contributed by atoms with Crippen molar-refractivity contribution >= 4 is 5.91 Å². The Morgan fingerprint density at radius 3 is 2.56 bits per heavy atom. The highest BCUT2D eigenvalue weighted by atomic mass is 16.2. The van der Waals surface area contributed by atoms with Gasteiger partial charge >= 0.3 is 0 Å². The minimum atomic E-state index is -0.261. The average molecular weight is 255 g/mol. The molecule has 1 amide bonds. The topological polar surface area (TPSA) is 58.4 Å². The third kappa shape index (κ3) is 3.69. The summed E-state index contributed by atoms with van der Waals surface area (Å²) in [6.45, 7) is 8.79. The molecule has 0 atom stereocenters. The number of amides is 1. The van der Waals surface area contributed by atoms with Gasteiger partial charge in [-0.25, -0.2) is 0 Å². The smallest absolute Gasteiger partial charge is 0.227 e. The predicted molar refractivity (Wildman–Crippen MR) is 75.3 cm³/mol. The largest absolute Gasteiger partial charge is 0.356 e. The molecule has 0 saturated heterocycles. The van der Waals surface area contributed by atoms with Crippen LogP contribution in [0.25, 0.3) is 0 Å². The number of carbonyl (C=O) groups is 1. The molecule has 1 rings (SSSR count). The summed E-state index contributed by atoms with van der Waals surface area (Å²) in [6, 6.07) is 0.559. The van der Waals surface area contributed by atoms with E-state index in [9.17, 15) is 4.79 Å². The van der Waals surface area contributed by atoms with Gasteiger partial charge in [0.2, 0.25) is 5.91 Å². The molecule has 0 aliphatic heterocycles. The first-order chi connectivity index (χ1) is 8.41. The third-order valence-electron chi connectivity index (χ3n) is 4.21. The first-order valence-corrected chi connectivity index (χ1v) is 7.10. The van der Waals surface area contributed by atoms with E-state index >= 15 is 0 Å². The fourth-order valence-corrected chi connectivity index (χ4v) is 2.70. The molecule has 3 N–H and O–H groups in total. The highest BCUT2D eigenvalue weighted by molar-refractivity contribution is 5.83. The van der Waals surface area contributed by atoms with E-state index in [0.717, 1.165) is 32.4 Å². The molecular formula is C14H29N3O. The second-order valence-corrected chi connectivity index (χ2v) is 6.18. The Hall–Kier alpha value is -0.610. The summed E-state index contributed by atoms with van der Waals surface area (Å²) in [6.07, 6.45) is 2.89. The summed E-state index contributed by atoms with van der Waals surface area (Å²) in [7, 11) is 2.11. The Kier molecular flexibility index (Phi) is 5.60. The summed E-state index contributed by atoms with van der Waals surface area (Å²) >= 11 is 0. The molecular weight excluding hydrogens is 226 g/mol. The van der Waals surface area contributed by atoms with Crippen molar-refractivity contribution in [1.29, 1.82) is 0 Å². The van der Waals surface area contributed by atoms with E-state index in [4.69, 9.17) is 5.73 Å². The molecule has 1 fully saturated rings. The number of nitrogens with two attached hydrogens (primary N) is 1. The Balaban J connectivity index is 2.21. The molecule has 0 aromatic heterocycles. The molecule has 4 heteroatoms. The van der Waals surface area contributed by atoms with Gasteiger partial charge in [0.25, 0.3) is 0 Å². The number of carbonyl (C=O) groups excluding carboxylic acids is 1. The maximum atomic E-state index is 12.1. The highest BCUT2D eigenvalue weighted by Gasteiger charge is 2.46. The molecule has 0 radical (unpaired) electrons. The van der Waals surface area contributed by atoms with Crippen molar-refractivity contribution in [1.82, 2.24) is 10.2 Å². The van der Waals surface area contributed by atoms with Crippen molar-refractivity contribution in [3.8, 4) is 0 Å². The normalized spacial score (nSPS) is 27.4. The van der Waals surface area contributed by atoms with Crippen LogP contribution in [0, 0.1) is 11.3 Å². The van der Waals surface area contributed by atoms with E-state index in [0.29, 0.717) is 18.5 Å². The monoisotopic (exact) mass is 255 g/mol. The zero-order valence-corrected chi connectivity index (χ0v) is 12.3. The molecule has 0 aromatic carbocycles. The van der Waals surface area contributed by atoms with Gasteiger partial charge in [-0.1, -0.05) is 6.92 Å². The van der Waals surface area contributed by atoms with Gasteiger partial charge in [0.15, 0.2) is 0 Å². The SMILES string of the molecule is CC1CC(CN)(C(=O)NCCCN(C)C(C)C)C1. The van der Waals surface area contributed by atoms with Crippen molar-refractivity contribution in [2.75, 3.05) is 26.7 Å². The minimum absolute atomic E-state index is 0.162. The summed E-state index contributed by atoms with van der Waals surface area (Å²) in [5.41, 5.74) is 5.49. The van der Waals surface area contributed by atoms with Crippen LogP contribution in [0.2, 0.25) is 0 Å². The highest BCUT2D eigenvalue weighted by Crippen LogP contribution is 2.44. The van der Waals surface area contributed by atoms with Crippen molar-refractivity contribution in [2.45, 2.75) is 46.1 Å². The minimum Gasteiger partial charge on any atom is -0.356 e. The van der Waals surface area contributed by atoms with Crippen molar-refractivity contribution in [3.63, 3.8) is 0 Å². The van der Waals surface area contributed by atoms with E-state index in [1.807, 2.05) is 0 Å². The van der Waals surface area contributed by atoms with E-state index in [1.54, 1.807) is 0 Å². The predicted octanol–water partition coefficient (Wildman–Crippen LogP) is 1.21. The molecule has 0 aromatic rings. The summed E-state index contributed by atoms with van der Waals surface area (Å²) in [5.74, 6) is 0.807. The molecule has 0 heterocycles. The summed E-state index contributed by atoms with van der Waals surface area (Å²) in [4.78, 5) is 14.4. The van der Waals surface area contributed by atoms with E-state index in [-0.39, 0.29) is 11.3 Å². The fourth-order valence-electron chi connectivity index (χ4n) is 2.70. The molecule has 4 nitrogen and oxygen atoms in total. The van der Waals surface area contributed by atoms with Gasteiger partial charge in [-0.05, 0) is 52.6 Å². The van der Waals surface area contributed by atoms with Gasteiger partial charge in [-0.15, -0.1) is 0 Å². The van der Waals surface area contributed by atoms with Crippen molar-refractivity contribution in [3.05, 3.63) is 0 Å². The first-order valence-electron chi connectivity index (χ1n) is 7.10. The second kappa shape index (κ2) is 6.53. The maximum Gasteiger partial charge on any atom is 0.227 e. The van der Waals surface area contributed by atoms with Crippen molar-refractivity contribution < 1.29 is 4.79 Å². The summed E-state index contributed by atoms with van der Waals surface area (Å²) < 4.78 is 0. The lowest BCUT2D eigenvalue weighted by molar-refractivity contribution is -0.138. The van der Waals surface area contributed by atoms with Crippen LogP contribution in [0.5, 0.6) is 0 Å². The van der Waals surface area contributed by atoms with E-state index in [2.05, 4.69) is 38.0 Å². The van der Waals surface area contributed by atoms with E-state index < -0.39 is 0 Å². The first kappa shape index (κ1) is 15.4. The molecule has 0 unspecified atom stereocenters. The molecule has 1 aliphatic carbocycles. The van der Waals surface area contributed by atoms with Gasteiger partial charge in [-0.2, -0.15) is 0 Å². The lowest BCUT2D eigenvalue weighted by atomic mass is 9.62. The lowest BCUT2D eigenvalue weighted by Crippen LogP contribution is -2.53. The standard InChI is InChI=1S/C14H29N3O/c1-11(2)17(4)7-5-6-16-13(18)14(10-15)8-12(3)9-14/h11-12H,5-10,15H2,1-4H3,(H,16,18). The number of nitrogens with zero attached hydrogens (tertiary/aromatic N) is 1. The maximum absolute atomic E-state index is 12.1. The van der Waals surface area contributed by atoms with Gasteiger partial charge < -0.3 is 16.0 Å². The van der Waals surface area contributed by atoms with Gasteiger partial charge in [0.1, 0.15) is 0 Å². The Bertz CT molecular complexity index is 272. The number of hydrogen-bond acceptors (Lipinski definition) is 3. The van der Waals surface area contributed by atoms with Crippen LogP contribution in [-0.4, -0.2) is 43.5 Å². The van der Waals surface area contributed by atoms with Crippen LogP contribution in [0.4, 0.5) is 0 Å². The Labute approximate surface area is 111 Å². The van der Waals surface area contributed by atoms with Crippen LogP contribution in [0.3, 0.4) is 0 Å². The van der Waals surface area contributed by atoms with Gasteiger partial charge in [0, 0.05) is 19.1 Å². The number of hydrogen-bond donors (Lipinski definition) is 2. The lowest BCUT2D eigenvalue weighted by Gasteiger charge is -2.44. The molecule has 1 saturated carbocycles. The average Bonchev–Trinajstić information content (AvgIpc) is 2.29. The van der Waals surface area contributed by atoms with Gasteiger partial charge in [-0.3, -0.25) is 4.79 Å². The molecule has 106 valence electrons. The van der Waals surface area contributed by atoms with Crippen LogP contribution in [-0.2, 0) is 4.79 Å². The Morgan fingerprint density at radius 2 is 2.11 bits per heavy atom. The molecule has 18 heavy (non-hydrogen) atoms. The second-order valence-electron chi connectivity index (χ2n) is 6.18. The van der Waals surface area contributed by atoms with Gasteiger partial charge in [0.05, 0.1) is 5.41 Å².